The van der Waals surface area contributed by atoms with Crippen LogP contribution in [0, 0.1) is 0 Å². The lowest BCUT2D eigenvalue weighted by Gasteiger charge is -2.16. The van der Waals surface area contributed by atoms with Crippen molar-refractivity contribution in [3.05, 3.63) is 58.1 Å². The van der Waals surface area contributed by atoms with Crippen molar-refractivity contribution < 1.29 is 9.53 Å². The zero-order chi connectivity index (χ0) is 16.9. The van der Waals surface area contributed by atoms with Crippen LogP contribution in [0.5, 0.6) is 11.5 Å². The number of amides is 1. The van der Waals surface area contributed by atoms with Crippen LogP contribution in [0.3, 0.4) is 0 Å². The maximum Gasteiger partial charge on any atom is 0.220 e. The molecule has 4 rings (SSSR count). The van der Waals surface area contributed by atoms with Crippen LogP contribution in [0.25, 0.3) is 0 Å². The fourth-order valence-electron chi connectivity index (χ4n) is 2.92. The first-order chi connectivity index (χ1) is 11.7. The number of aryl methyl sites for hydroxylation is 2. The molecule has 0 aromatic heterocycles. The van der Waals surface area contributed by atoms with Gasteiger partial charge in [0.1, 0.15) is 11.5 Å². The molecule has 2 aliphatic rings. The number of fused-ring (bicyclic) bond motifs is 7. The number of ether oxygens (including phenoxy) is 1. The van der Waals surface area contributed by atoms with Crippen LogP contribution in [-0.4, -0.2) is 12.5 Å². The molecule has 126 valence electrons. The van der Waals surface area contributed by atoms with Crippen LogP contribution in [0.4, 0.5) is 0 Å². The molecule has 24 heavy (non-hydrogen) atoms. The van der Waals surface area contributed by atoms with Crippen molar-refractivity contribution in [2.24, 2.45) is 0 Å². The Morgan fingerprint density at radius 3 is 2.67 bits per heavy atom. The second-order valence-electron chi connectivity index (χ2n) is 6.15. The molecule has 2 aromatic carbocycles. The van der Waals surface area contributed by atoms with Gasteiger partial charge in [-0.2, -0.15) is 0 Å². The van der Waals surface area contributed by atoms with E-state index in [2.05, 4.69) is 12.2 Å². The van der Waals surface area contributed by atoms with Crippen LogP contribution >= 0.6 is 11.6 Å². The second kappa shape index (κ2) is 7.71. The maximum atomic E-state index is 11.9. The lowest BCUT2D eigenvalue weighted by Crippen LogP contribution is -2.26. The van der Waals surface area contributed by atoms with Gasteiger partial charge in [-0.15, -0.1) is 0 Å². The van der Waals surface area contributed by atoms with E-state index in [0.717, 1.165) is 52.5 Å². The molecule has 1 N–H and O–H groups in total. The van der Waals surface area contributed by atoms with Crippen molar-refractivity contribution in [3.8, 4) is 11.5 Å². The molecule has 0 unspecified atom stereocenters. The molecule has 0 fully saturated rings. The van der Waals surface area contributed by atoms with Gasteiger partial charge in [-0.1, -0.05) is 37.1 Å². The summed E-state index contributed by atoms with van der Waals surface area (Å²) in [6.45, 7) is 2.73. The molecule has 2 aromatic rings. The largest absolute Gasteiger partial charge is 0.457 e. The fraction of sp³-hybridized carbons (Fsp3) is 0.350. The van der Waals surface area contributed by atoms with Gasteiger partial charge < -0.3 is 10.1 Å². The summed E-state index contributed by atoms with van der Waals surface area (Å²) in [5, 5.41) is 3.70. The van der Waals surface area contributed by atoms with E-state index in [1.165, 1.54) is 0 Å². The third kappa shape index (κ3) is 4.09. The van der Waals surface area contributed by atoms with Crippen molar-refractivity contribution in [2.45, 2.75) is 39.0 Å². The Morgan fingerprint density at radius 2 is 1.92 bits per heavy atom. The molecule has 0 spiro atoms. The van der Waals surface area contributed by atoms with Gasteiger partial charge in [0, 0.05) is 18.0 Å². The van der Waals surface area contributed by atoms with Gasteiger partial charge in [0.2, 0.25) is 5.91 Å². The summed E-state index contributed by atoms with van der Waals surface area (Å²) in [5.74, 6) is 1.74. The van der Waals surface area contributed by atoms with Crippen LogP contribution in [-0.2, 0) is 24.1 Å². The number of hydrogen-bond acceptors (Lipinski definition) is 2. The zero-order valence-electron chi connectivity index (χ0n) is 13.9. The Hall–Kier alpha value is -2.00. The highest BCUT2D eigenvalue weighted by Gasteiger charge is 2.12. The quantitative estimate of drug-likeness (QED) is 0.859. The predicted molar refractivity (Wildman–Crippen MR) is 97.0 cm³/mol. The molecule has 1 amide bonds. The number of hydrogen-bond donors (Lipinski definition) is 1. The Balaban J connectivity index is 1.99. The number of nitrogens with one attached hydrogen (secondary N) is 1. The number of carbonyl (C=O) groups is 1. The van der Waals surface area contributed by atoms with Gasteiger partial charge in [0.15, 0.2) is 0 Å². The van der Waals surface area contributed by atoms with E-state index in [1.54, 1.807) is 0 Å². The molecule has 3 nitrogen and oxygen atoms in total. The third-order valence-electron chi connectivity index (χ3n) is 4.26. The molecule has 0 saturated heterocycles. The second-order valence-corrected chi connectivity index (χ2v) is 6.55. The first kappa shape index (κ1) is 16.8. The van der Waals surface area contributed by atoms with Gasteiger partial charge >= 0.3 is 0 Å². The lowest BCUT2D eigenvalue weighted by molar-refractivity contribution is -0.121. The summed E-state index contributed by atoms with van der Waals surface area (Å²) in [5.41, 5.74) is 3.26. The van der Waals surface area contributed by atoms with E-state index in [0.29, 0.717) is 19.4 Å². The minimum absolute atomic E-state index is 0.0753. The van der Waals surface area contributed by atoms with Crippen molar-refractivity contribution in [2.75, 3.05) is 6.54 Å². The zero-order valence-corrected chi connectivity index (χ0v) is 14.7. The van der Waals surface area contributed by atoms with Crippen LogP contribution in [0.2, 0.25) is 5.02 Å². The van der Waals surface area contributed by atoms with Crippen LogP contribution in [0.15, 0.2) is 36.4 Å². The summed E-state index contributed by atoms with van der Waals surface area (Å²) in [4.78, 5) is 11.9. The Morgan fingerprint density at radius 1 is 1.12 bits per heavy atom. The average Bonchev–Trinajstić information content (AvgIpc) is 2.57. The van der Waals surface area contributed by atoms with Gasteiger partial charge in [-0.25, -0.2) is 0 Å². The monoisotopic (exact) mass is 343 g/mol. The standard InChI is InChI=1S/C20H22ClNO2/c1-2-3-16-12-18(21)15-10-11-22-20(23)9-6-14-4-7-17(8-5-14)24-19(16)13-15/h4-5,7-8,12-13H,2-3,6,9-11H2,1H3,(H,22,23). The van der Waals surface area contributed by atoms with E-state index < -0.39 is 0 Å². The fourth-order valence-corrected chi connectivity index (χ4v) is 3.20. The van der Waals surface area contributed by atoms with E-state index in [1.807, 2.05) is 36.4 Å². The van der Waals surface area contributed by atoms with Crippen molar-refractivity contribution in [3.63, 3.8) is 0 Å². The normalized spacial score (nSPS) is 14.7. The molecular weight excluding hydrogens is 322 g/mol. The van der Waals surface area contributed by atoms with Gasteiger partial charge in [0.25, 0.3) is 0 Å². The number of carbonyl (C=O) groups excluding carboxylic acids is 1. The van der Waals surface area contributed by atoms with Crippen molar-refractivity contribution in [1.29, 1.82) is 0 Å². The summed E-state index contributed by atoms with van der Waals surface area (Å²) >= 11 is 6.43. The van der Waals surface area contributed by atoms with E-state index >= 15 is 0 Å². The predicted octanol–water partition coefficient (Wildman–Crippen LogP) is 4.69. The minimum Gasteiger partial charge on any atom is -0.457 e. The maximum absolute atomic E-state index is 11.9. The Bertz CT molecular complexity index is 725. The van der Waals surface area contributed by atoms with Crippen LogP contribution < -0.4 is 10.1 Å². The number of halogens is 1. The van der Waals surface area contributed by atoms with E-state index in [9.17, 15) is 4.79 Å². The van der Waals surface area contributed by atoms with Gasteiger partial charge in [0.05, 0.1) is 0 Å². The molecule has 4 heteroatoms. The van der Waals surface area contributed by atoms with Gasteiger partial charge in [-0.05, 0) is 60.2 Å². The van der Waals surface area contributed by atoms with E-state index in [4.69, 9.17) is 16.3 Å². The Labute approximate surface area is 148 Å². The molecule has 0 saturated carbocycles. The SMILES string of the molecule is CCCc1cc(Cl)c2cc1Oc1ccc(cc1)CCC(=O)NCC2. The molecule has 2 aliphatic heterocycles. The van der Waals surface area contributed by atoms with Crippen molar-refractivity contribution >= 4 is 17.5 Å². The highest BCUT2D eigenvalue weighted by atomic mass is 35.5. The minimum atomic E-state index is 0.0753. The molecular formula is C20H22ClNO2. The molecule has 2 heterocycles. The highest BCUT2D eigenvalue weighted by Crippen LogP contribution is 2.32. The number of benzene rings is 2. The molecule has 0 atom stereocenters. The summed E-state index contributed by atoms with van der Waals surface area (Å²) < 4.78 is 6.13. The molecule has 0 radical (unpaired) electrons. The summed E-state index contributed by atoms with van der Waals surface area (Å²) in [6.07, 6.45) is 3.88. The van der Waals surface area contributed by atoms with E-state index in [-0.39, 0.29) is 5.91 Å². The van der Waals surface area contributed by atoms with Gasteiger partial charge in [-0.3, -0.25) is 4.79 Å². The topological polar surface area (TPSA) is 38.3 Å². The van der Waals surface area contributed by atoms with Crippen molar-refractivity contribution in [1.82, 2.24) is 5.32 Å². The first-order valence-electron chi connectivity index (χ1n) is 8.50. The molecule has 4 bridgehead atoms. The first-order valence-corrected chi connectivity index (χ1v) is 8.88. The Kier molecular flexibility index (Phi) is 5.41. The summed E-state index contributed by atoms with van der Waals surface area (Å²) in [7, 11) is 0. The lowest BCUT2D eigenvalue weighted by atomic mass is 10.0. The average molecular weight is 344 g/mol. The highest BCUT2D eigenvalue weighted by molar-refractivity contribution is 6.31. The third-order valence-corrected chi connectivity index (χ3v) is 4.61. The summed E-state index contributed by atoms with van der Waals surface area (Å²) in [6, 6.07) is 12.0. The molecule has 0 aliphatic carbocycles. The smallest absolute Gasteiger partial charge is 0.220 e. The number of rotatable bonds is 2. The van der Waals surface area contributed by atoms with Crippen LogP contribution in [0.1, 0.15) is 36.5 Å².